The zero-order valence-corrected chi connectivity index (χ0v) is 15.8. The van der Waals surface area contributed by atoms with E-state index in [2.05, 4.69) is 60.0 Å². The second-order valence-corrected chi connectivity index (χ2v) is 6.74. The fraction of sp³-hybridized carbons (Fsp3) is 0.538. The molecule has 0 amide bonds. The highest BCUT2D eigenvalue weighted by Gasteiger charge is 2.12. The summed E-state index contributed by atoms with van der Waals surface area (Å²) < 4.78 is 13.9. The average Bonchev–Trinajstić information content (AvgIpc) is 2.34. The van der Waals surface area contributed by atoms with Crippen LogP contribution in [0.4, 0.5) is 0 Å². The summed E-state index contributed by atoms with van der Waals surface area (Å²) in [6, 6.07) is 4.11. The molecule has 1 atom stereocenters. The number of halogens is 3. The molecule has 0 saturated heterocycles. The third-order valence-electron chi connectivity index (χ3n) is 2.44. The van der Waals surface area contributed by atoms with Gasteiger partial charge in [-0.05, 0) is 57.0 Å². The molecule has 19 heavy (non-hydrogen) atoms. The number of rotatable bonds is 8. The van der Waals surface area contributed by atoms with Gasteiger partial charge in [-0.2, -0.15) is 0 Å². The van der Waals surface area contributed by atoms with Crippen molar-refractivity contribution in [2.24, 2.45) is 0 Å². The van der Waals surface area contributed by atoms with Gasteiger partial charge in [0.25, 0.3) is 0 Å². The van der Waals surface area contributed by atoms with Crippen LogP contribution in [0, 0.1) is 0 Å². The van der Waals surface area contributed by atoms with Crippen LogP contribution in [0.5, 0.6) is 5.75 Å². The first kappa shape index (κ1) is 17.4. The Morgan fingerprint density at radius 3 is 2.32 bits per heavy atom. The summed E-state index contributed by atoms with van der Waals surface area (Å²) in [4.78, 5) is 0. The Morgan fingerprint density at radius 1 is 1.16 bits per heavy atom. The fourth-order valence-corrected chi connectivity index (χ4v) is 4.05. The molecule has 0 bridgehead atoms. The van der Waals surface area contributed by atoms with E-state index < -0.39 is 0 Å². The van der Waals surface area contributed by atoms with Gasteiger partial charge in [-0.1, -0.05) is 22.9 Å². The van der Waals surface area contributed by atoms with Crippen molar-refractivity contribution in [3.8, 4) is 5.75 Å². The molecular weight excluding hydrogens is 442 g/mol. The van der Waals surface area contributed by atoms with Crippen molar-refractivity contribution < 1.29 is 9.47 Å². The van der Waals surface area contributed by atoms with Crippen LogP contribution >= 0.6 is 47.8 Å². The standard InChI is InChI=1S/C13H18Br3NO2/c1-3-4-17-10(7-18-2)8-19-13-11(15)5-9(14)6-12(13)16/h5-6,10,17H,3-4,7-8H2,1-2H3. The number of hydrogen-bond donors (Lipinski definition) is 1. The van der Waals surface area contributed by atoms with Crippen LogP contribution in [0.1, 0.15) is 13.3 Å². The highest BCUT2D eigenvalue weighted by molar-refractivity contribution is 9.11. The number of ether oxygens (including phenoxy) is 2. The van der Waals surface area contributed by atoms with Gasteiger partial charge < -0.3 is 14.8 Å². The van der Waals surface area contributed by atoms with E-state index in [-0.39, 0.29) is 6.04 Å². The van der Waals surface area contributed by atoms with Crippen molar-refractivity contribution in [2.75, 3.05) is 26.9 Å². The maximum Gasteiger partial charge on any atom is 0.147 e. The SMILES string of the molecule is CCCNC(COC)COc1c(Br)cc(Br)cc1Br. The van der Waals surface area contributed by atoms with Crippen LogP contribution in [0.3, 0.4) is 0 Å². The zero-order valence-electron chi connectivity index (χ0n) is 11.0. The lowest BCUT2D eigenvalue weighted by atomic mass is 10.3. The van der Waals surface area contributed by atoms with Gasteiger partial charge in [0.2, 0.25) is 0 Å². The Balaban J connectivity index is 2.63. The Labute approximate surface area is 139 Å². The van der Waals surface area contributed by atoms with Gasteiger partial charge in [0.05, 0.1) is 21.6 Å². The topological polar surface area (TPSA) is 30.5 Å². The molecule has 1 N–H and O–H groups in total. The van der Waals surface area contributed by atoms with Gasteiger partial charge >= 0.3 is 0 Å². The lowest BCUT2D eigenvalue weighted by Gasteiger charge is -2.19. The number of benzene rings is 1. The maximum absolute atomic E-state index is 5.88. The predicted molar refractivity (Wildman–Crippen MR) is 89.0 cm³/mol. The molecule has 0 aliphatic heterocycles. The Hall–Kier alpha value is 0.380. The van der Waals surface area contributed by atoms with Crippen molar-refractivity contribution in [1.82, 2.24) is 5.32 Å². The minimum atomic E-state index is 0.187. The van der Waals surface area contributed by atoms with Gasteiger partial charge in [0.1, 0.15) is 12.4 Å². The molecule has 1 rings (SSSR count). The molecule has 0 radical (unpaired) electrons. The maximum atomic E-state index is 5.88. The summed E-state index contributed by atoms with van der Waals surface area (Å²) >= 11 is 10.4. The normalized spacial score (nSPS) is 12.5. The number of nitrogens with one attached hydrogen (secondary N) is 1. The Bertz CT molecular complexity index is 378. The average molecular weight is 460 g/mol. The van der Waals surface area contributed by atoms with Crippen molar-refractivity contribution in [1.29, 1.82) is 0 Å². The number of hydrogen-bond acceptors (Lipinski definition) is 3. The molecule has 108 valence electrons. The minimum Gasteiger partial charge on any atom is -0.489 e. The number of methoxy groups -OCH3 is 1. The lowest BCUT2D eigenvalue weighted by molar-refractivity contribution is 0.135. The summed E-state index contributed by atoms with van der Waals surface area (Å²) in [7, 11) is 1.70. The highest BCUT2D eigenvalue weighted by atomic mass is 79.9. The van der Waals surface area contributed by atoms with Gasteiger partial charge in [0.15, 0.2) is 0 Å². The van der Waals surface area contributed by atoms with E-state index in [9.17, 15) is 0 Å². The van der Waals surface area contributed by atoms with Gasteiger partial charge in [-0.15, -0.1) is 0 Å². The van der Waals surface area contributed by atoms with Gasteiger partial charge in [-0.25, -0.2) is 0 Å². The van der Waals surface area contributed by atoms with E-state index in [1.165, 1.54) is 0 Å². The van der Waals surface area contributed by atoms with Crippen LogP contribution in [-0.2, 0) is 4.74 Å². The molecule has 3 nitrogen and oxygen atoms in total. The third-order valence-corrected chi connectivity index (χ3v) is 4.08. The summed E-state index contributed by atoms with van der Waals surface area (Å²) in [5.74, 6) is 0.808. The van der Waals surface area contributed by atoms with Crippen LogP contribution in [0.2, 0.25) is 0 Å². The van der Waals surface area contributed by atoms with E-state index in [0.717, 1.165) is 32.1 Å². The van der Waals surface area contributed by atoms with Crippen LogP contribution in [-0.4, -0.2) is 32.9 Å². The smallest absolute Gasteiger partial charge is 0.147 e. The molecule has 0 aromatic heterocycles. The lowest BCUT2D eigenvalue weighted by Crippen LogP contribution is -2.38. The van der Waals surface area contributed by atoms with Crippen LogP contribution in [0.25, 0.3) is 0 Å². The van der Waals surface area contributed by atoms with Gasteiger partial charge in [-0.3, -0.25) is 0 Å². The zero-order chi connectivity index (χ0) is 14.3. The van der Waals surface area contributed by atoms with E-state index >= 15 is 0 Å². The molecule has 0 spiro atoms. The summed E-state index contributed by atoms with van der Waals surface area (Å²) in [6.07, 6.45) is 1.09. The third kappa shape index (κ3) is 6.12. The first-order valence-corrected chi connectivity index (χ1v) is 8.46. The fourth-order valence-electron chi connectivity index (χ4n) is 1.57. The monoisotopic (exact) mass is 457 g/mol. The molecule has 0 aliphatic carbocycles. The largest absolute Gasteiger partial charge is 0.489 e. The highest BCUT2D eigenvalue weighted by Crippen LogP contribution is 2.36. The van der Waals surface area contributed by atoms with Crippen molar-refractivity contribution >= 4 is 47.8 Å². The predicted octanol–water partition coefficient (Wildman–Crippen LogP) is 4.37. The molecule has 6 heteroatoms. The van der Waals surface area contributed by atoms with E-state index in [4.69, 9.17) is 9.47 Å². The van der Waals surface area contributed by atoms with Crippen LogP contribution < -0.4 is 10.1 Å². The molecule has 0 fully saturated rings. The molecule has 1 aromatic rings. The second-order valence-electron chi connectivity index (χ2n) is 4.12. The first-order chi connectivity index (χ1) is 9.08. The molecule has 0 heterocycles. The van der Waals surface area contributed by atoms with Crippen LogP contribution in [0.15, 0.2) is 25.6 Å². The molecular formula is C13H18Br3NO2. The minimum absolute atomic E-state index is 0.187. The van der Waals surface area contributed by atoms with Gasteiger partial charge in [0, 0.05) is 11.6 Å². The molecule has 0 saturated carbocycles. The summed E-state index contributed by atoms with van der Waals surface area (Å²) in [5.41, 5.74) is 0. The molecule has 1 unspecified atom stereocenters. The summed E-state index contributed by atoms with van der Waals surface area (Å²) in [5, 5.41) is 3.40. The Kier molecular flexibility index (Phi) is 8.57. The first-order valence-electron chi connectivity index (χ1n) is 6.08. The van der Waals surface area contributed by atoms with Crippen molar-refractivity contribution in [3.05, 3.63) is 25.6 Å². The van der Waals surface area contributed by atoms with E-state index in [1.807, 2.05) is 12.1 Å². The summed E-state index contributed by atoms with van der Waals surface area (Å²) in [6.45, 7) is 4.29. The van der Waals surface area contributed by atoms with Crippen molar-refractivity contribution in [3.63, 3.8) is 0 Å². The molecule has 0 aliphatic rings. The quantitative estimate of drug-likeness (QED) is 0.626. The van der Waals surface area contributed by atoms with Crippen molar-refractivity contribution in [2.45, 2.75) is 19.4 Å². The Morgan fingerprint density at radius 2 is 1.79 bits per heavy atom. The second kappa shape index (κ2) is 9.34. The molecule has 1 aromatic carbocycles. The van der Waals surface area contributed by atoms with E-state index in [1.54, 1.807) is 7.11 Å². The van der Waals surface area contributed by atoms with E-state index in [0.29, 0.717) is 13.2 Å².